The lowest BCUT2D eigenvalue weighted by Crippen LogP contribution is -2.38. The second kappa shape index (κ2) is 9.78. The molecule has 0 aliphatic carbocycles. The minimum atomic E-state index is -4.63. The van der Waals surface area contributed by atoms with Crippen molar-refractivity contribution in [2.75, 3.05) is 24.0 Å². The number of nitrogens with one attached hydrogen (secondary N) is 1. The molecule has 0 spiro atoms. The zero-order valence-electron chi connectivity index (χ0n) is 21.0. The van der Waals surface area contributed by atoms with Gasteiger partial charge in [-0.05, 0) is 49.6 Å². The van der Waals surface area contributed by atoms with Crippen LogP contribution in [-0.2, 0) is 32.0 Å². The topological polar surface area (TPSA) is 114 Å². The van der Waals surface area contributed by atoms with Crippen molar-refractivity contribution in [2.24, 2.45) is 0 Å². The van der Waals surface area contributed by atoms with Crippen molar-refractivity contribution >= 4 is 27.4 Å². The van der Waals surface area contributed by atoms with E-state index in [0.717, 1.165) is 35.6 Å². The molecule has 0 amide bonds. The van der Waals surface area contributed by atoms with Gasteiger partial charge in [0.25, 0.3) is 0 Å². The number of esters is 1. The number of fused-ring (bicyclic) bond motifs is 1. The molecule has 0 radical (unpaired) electrons. The van der Waals surface area contributed by atoms with Crippen LogP contribution in [0.3, 0.4) is 0 Å². The first-order valence-corrected chi connectivity index (χ1v) is 13.5. The third kappa shape index (κ3) is 5.10. The number of methoxy groups -OCH3 is 1. The maximum Gasteiger partial charge on any atom is 0.416 e. The number of aryl methyl sites for hydroxylation is 2. The Labute approximate surface area is 216 Å². The van der Waals surface area contributed by atoms with Crippen LogP contribution in [0.4, 0.5) is 24.8 Å². The standard InChI is InChI=1S/C25H25F3N4O5S/c1-14-8-9-19(16(12-14)10-11-38(4,35)36)21-20(22(33)37-3)15(2)31(23-29-30-24(34)32(21)23)18-7-5-6-17(13-18)25(26,27)28/h5-9,12-13,21H,10-11H2,1-4H3,(H,30,34). The van der Waals surface area contributed by atoms with Gasteiger partial charge < -0.3 is 4.74 Å². The highest BCUT2D eigenvalue weighted by atomic mass is 32.2. The number of alkyl halides is 3. The summed E-state index contributed by atoms with van der Waals surface area (Å²) in [5.41, 5.74) is 0.458. The zero-order valence-corrected chi connectivity index (χ0v) is 21.8. The molecule has 2 heterocycles. The van der Waals surface area contributed by atoms with E-state index in [1.54, 1.807) is 18.2 Å². The van der Waals surface area contributed by atoms with Crippen LogP contribution in [0.15, 0.2) is 58.5 Å². The summed E-state index contributed by atoms with van der Waals surface area (Å²) in [6.45, 7) is 3.34. The zero-order chi connectivity index (χ0) is 28.0. The van der Waals surface area contributed by atoms with E-state index in [-0.39, 0.29) is 35.1 Å². The van der Waals surface area contributed by atoms with E-state index in [0.29, 0.717) is 11.1 Å². The Bertz CT molecular complexity index is 1610. The molecule has 0 saturated heterocycles. The first kappa shape index (κ1) is 27.2. The van der Waals surface area contributed by atoms with Crippen molar-refractivity contribution in [3.63, 3.8) is 0 Å². The summed E-state index contributed by atoms with van der Waals surface area (Å²) in [5.74, 6) is -1.02. The van der Waals surface area contributed by atoms with Gasteiger partial charge in [-0.15, -0.1) is 5.10 Å². The first-order valence-electron chi connectivity index (χ1n) is 11.4. The number of benzene rings is 2. The molecule has 0 saturated carbocycles. The van der Waals surface area contributed by atoms with E-state index in [1.165, 1.54) is 24.0 Å². The molecule has 1 aliphatic rings. The first-order chi connectivity index (χ1) is 17.7. The second-order valence-electron chi connectivity index (χ2n) is 9.06. The molecule has 2 aromatic carbocycles. The van der Waals surface area contributed by atoms with Crippen LogP contribution >= 0.6 is 0 Å². The van der Waals surface area contributed by atoms with Gasteiger partial charge in [0.2, 0.25) is 5.95 Å². The predicted molar refractivity (Wildman–Crippen MR) is 134 cm³/mol. The molecule has 1 atom stereocenters. The lowest BCUT2D eigenvalue weighted by atomic mass is 9.89. The maximum absolute atomic E-state index is 13.5. The number of allylic oxidation sites excluding steroid dienone is 1. The number of rotatable bonds is 6. The molecule has 1 aliphatic heterocycles. The van der Waals surface area contributed by atoms with E-state index in [9.17, 15) is 31.2 Å². The average Bonchev–Trinajstić information content (AvgIpc) is 3.21. The largest absolute Gasteiger partial charge is 0.466 e. The Morgan fingerprint density at radius 3 is 2.50 bits per heavy atom. The SMILES string of the molecule is COC(=O)C1=C(C)N(c2cccc(C(F)(F)F)c2)c2n[nH]c(=O)n2C1c1ccc(C)cc1CCS(C)(=O)=O. The van der Waals surface area contributed by atoms with Crippen molar-refractivity contribution in [3.05, 3.63) is 86.5 Å². The number of nitrogens with zero attached hydrogens (tertiary/aromatic N) is 3. The van der Waals surface area contributed by atoms with Gasteiger partial charge in [-0.2, -0.15) is 13.2 Å². The number of carbonyl (C=O) groups excluding carboxylic acids is 1. The fraction of sp³-hybridized carbons (Fsp3) is 0.320. The fourth-order valence-electron chi connectivity index (χ4n) is 4.59. The summed E-state index contributed by atoms with van der Waals surface area (Å²) in [4.78, 5) is 27.5. The number of hydrogen-bond donors (Lipinski definition) is 1. The minimum Gasteiger partial charge on any atom is -0.466 e. The third-order valence-electron chi connectivity index (χ3n) is 6.31. The molecule has 3 aromatic rings. The van der Waals surface area contributed by atoms with Crippen molar-refractivity contribution in [1.82, 2.24) is 14.8 Å². The summed E-state index contributed by atoms with van der Waals surface area (Å²) in [5, 5.41) is 6.40. The van der Waals surface area contributed by atoms with E-state index in [4.69, 9.17) is 4.74 Å². The van der Waals surface area contributed by atoms with E-state index < -0.39 is 39.3 Å². The van der Waals surface area contributed by atoms with E-state index >= 15 is 0 Å². The summed E-state index contributed by atoms with van der Waals surface area (Å²) in [6, 6.07) is 8.56. The summed E-state index contributed by atoms with van der Waals surface area (Å²) in [7, 11) is -2.18. The highest BCUT2D eigenvalue weighted by Gasteiger charge is 2.41. The lowest BCUT2D eigenvalue weighted by molar-refractivity contribution is -0.138. The Morgan fingerprint density at radius 2 is 1.87 bits per heavy atom. The Hall–Kier alpha value is -3.87. The average molecular weight is 551 g/mol. The van der Waals surface area contributed by atoms with E-state index in [2.05, 4.69) is 10.2 Å². The van der Waals surface area contributed by atoms with Crippen LogP contribution in [0.5, 0.6) is 0 Å². The highest BCUT2D eigenvalue weighted by Crippen LogP contribution is 2.43. The summed E-state index contributed by atoms with van der Waals surface area (Å²) in [6.07, 6.45) is -3.41. The molecule has 0 fully saturated rings. The van der Waals surface area contributed by atoms with Crippen LogP contribution in [0.25, 0.3) is 0 Å². The molecule has 4 rings (SSSR count). The highest BCUT2D eigenvalue weighted by molar-refractivity contribution is 7.90. The van der Waals surface area contributed by atoms with Crippen LogP contribution in [0, 0.1) is 6.92 Å². The van der Waals surface area contributed by atoms with Gasteiger partial charge >= 0.3 is 17.8 Å². The minimum absolute atomic E-state index is 0.00892. The monoisotopic (exact) mass is 550 g/mol. The molecular weight excluding hydrogens is 525 g/mol. The van der Waals surface area contributed by atoms with Crippen molar-refractivity contribution in [3.8, 4) is 0 Å². The van der Waals surface area contributed by atoms with Gasteiger partial charge in [0, 0.05) is 17.6 Å². The number of H-pyrrole nitrogens is 1. The molecule has 1 N–H and O–H groups in total. The maximum atomic E-state index is 13.5. The van der Waals surface area contributed by atoms with Gasteiger partial charge in [-0.1, -0.05) is 29.8 Å². The summed E-state index contributed by atoms with van der Waals surface area (Å²) < 4.78 is 70.5. The van der Waals surface area contributed by atoms with E-state index in [1.807, 2.05) is 6.92 Å². The normalized spacial score (nSPS) is 16.0. The van der Waals surface area contributed by atoms with Crippen LogP contribution in [0.1, 0.15) is 35.2 Å². The van der Waals surface area contributed by atoms with Gasteiger partial charge in [-0.3, -0.25) is 4.90 Å². The Morgan fingerprint density at radius 1 is 1.16 bits per heavy atom. The predicted octanol–water partition coefficient (Wildman–Crippen LogP) is 3.67. The van der Waals surface area contributed by atoms with Crippen molar-refractivity contribution in [1.29, 1.82) is 0 Å². The van der Waals surface area contributed by atoms with Crippen LogP contribution in [0.2, 0.25) is 0 Å². The van der Waals surface area contributed by atoms with Gasteiger partial charge in [0.05, 0.1) is 24.0 Å². The fourth-order valence-corrected chi connectivity index (χ4v) is 5.18. The number of aromatic nitrogens is 3. The molecule has 0 bridgehead atoms. The number of anilines is 2. The second-order valence-corrected chi connectivity index (χ2v) is 11.3. The number of ether oxygens (including phenoxy) is 1. The molecule has 38 heavy (non-hydrogen) atoms. The third-order valence-corrected chi connectivity index (χ3v) is 7.26. The van der Waals surface area contributed by atoms with Crippen LogP contribution < -0.4 is 10.6 Å². The number of sulfone groups is 1. The Balaban J connectivity index is 2.00. The number of hydrogen-bond acceptors (Lipinski definition) is 7. The van der Waals surface area contributed by atoms with Crippen molar-refractivity contribution in [2.45, 2.75) is 32.5 Å². The number of halogens is 3. The smallest absolute Gasteiger partial charge is 0.416 e. The Kier molecular flexibility index (Phi) is 6.99. The number of aromatic amines is 1. The number of carbonyl (C=O) groups is 1. The van der Waals surface area contributed by atoms with Crippen LogP contribution in [-0.4, -0.2) is 48.3 Å². The summed E-state index contributed by atoms with van der Waals surface area (Å²) >= 11 is 0. The van der Waals surface area contributed by atoms with Crippen molar-refractivity contribution < 1.29 is 31.1 Å². The molecular formula is C25H25F3N4O5S. The molecule has 202 valence electrons. The molecule has 1 unspecified atom stereocenters. The quantitative estimate of drug-likeness (QED) is 0.466. The molecule has 9 nitrogen and oxygen atoms in total. The molecule has 1 aromatic heterocycles. The van der Waals surface area contributed by atoms with Gasteiger partial charge in [-0.25, -0.2) is 27.7 Å². The van der Waals surface area contributed by atoms with Gasteiger partial charge in [0.15, 0.2) is 0 Å². The lowest BCUT2D eigenvalue weighted by Gasteiger charge is -2.36. The molecule has 13 heteroatoms. The van der Waals surface area contributed by atoms with Gasteiger partial charge in [0.1, 0.15) is 15.9 Å².